The predicted molar refractivity (Wildman–Crippen MR) is 70.6 cm³/mol. The molecular weight excluding hydrogens is 212 g/mol. The molecule has 1 aliphatic rings. The molecule has 0 spiro atoms. The van der Waals surface area contributed by atoms with Gasteiger partial charge in [-0.05, 0) is 38.0 Å². The van der Waals surface area contributed by atoms with Crippen LogP contribution in [-0.2, 0) is 5.54 Å². The van der Waals surface area contributed by atoms with Crippen LogP contribution in [0.15, 0.2) is 18.2 Å². The number of piperazine rings is 1. The van der Waals surface area contributed by atoms with E-state index in [1.807, 2.05) is 6.92 Å². The summed E-state index contributed by atoms with van der Waals surface area (Å²) in [6.07, 6.45) is 0. The third kappa shape index (κ3) is 2.61. The largest absolute Gasteiger partial charge is 0.494 e. The van der Waals surface area contributed by atoms with Crippen molar-refractivity contribution in [3.8, 4) is 5.75 Å². The average molecular weight is 234 g/mol. The molecule has 0 saturated carbocycles. The molecule has 17 heavy (non-hydrogen) atoms. The second-order valence-corrected chi connectivity index (χ2v) is 4.85. The second-order valence-electron chi connectivity index (χ2n) is 4.85. The predicted octanol–water partition coefficient (Wildman–Crippen LogP) is 1.80. The van der Waals surface area contributed by atoms with Crippen molar-refractivity contribution >= 4 is 0 Å². The smallest absolute Gasteiger partial charge is 0.122 e. The maximum Gasteiger partial charge on any atom is 0.122 e. The van der Waals surface area contributed by atoms with Gasteiger partial charge >= 0.3 is 0 Å². The summed E-state index contributed by atoms with van der Waals surface area (Å²) in [5.74, 6) is 0.989. The van der Waals surface area contributed by atoms with Crippen LogP contribution < -0.4 is 15.4 Å². The Kier molecular flexibility index (Phi) is 3.69. The van der Waals surface area contributed by atoms with E-state index < -0.39 is 0 Å². The highest BCUT2D eigenvalue weighted by molar-refractivity contribution is 5.39. The molecule has 1 aromatic rings. The van der Waals surface area contributed by atoms with E-state index in [-0.39, 0.29) is 5.54 Å². The van der Waals surface area contributed by atoms with E-state index in [2.05, 4.69) is 42.7 Å². The highest BCUT2D eigenvalue weighted by atomic mass is 16.5. The summed E-state index contributed by atoms with van der Waals surface area (Å²) < 4.78 is 5.58. The Morgan fingerprint density at radius 3 is 2.76 bits per heavy atom. The summed E-state index contributed by atoms with van der Waals surface area (Å²) in [7, 11) is 0. The van der Waals surface area contributed by atoms with Crippen molar-refractivity contribution in [2.45, 2.75) is 26.3 Å². The number of rotatable bonds is 3. The van der Waals surface area contributed by atoms with Gasteiger partial charge in [-0.1, -0.05) is 12.1 Å². The van der Waals surface area contributed by atoms with E-state index in [0.717, 1.165) is 32.0 Å². The maximum absolute atomic E-state index is 5.58. The monoisotopic (exact) mass is 234 g/mol. The van der Waals surface area contributed by atoms with Crippen LogP contribution >= 0.6 is 0 Å². The SMILES string of the molecule is CCOc1ccc(C2(C)CNCCN2)cc1C. The molecule has 3 heteroatoms. The first kappa shape index (κ1) is 12.4. The molecular formula is C14H22N2O. The Morgan fingerprint density at radius 2 is 2.18 bits per heavy atom. The summed E-state index contributed by atoms with van der Waals surface area (Å²) in [6.45, 7) is 10.1. The highest BCUT2D eigenvalue weighted by Gasteiger charge is 2.28. The zero-order valence-corrected chi connectivity index (χ0v) is 11.0. The van der Waals surface area contributed by atoms with Gasteiger partial charge in [0.05, 0.1) is 12.1 Å². The van der Waals surface area contributed by atoms with Crippen LogP contribution in [0.4, 0.5) is 0 Å². The van der Waals surface area contributed by atoms with Crippen molar-refractivity contribution in [1.82, 2.24) is 10.6 Å². The van der Waals surface area contributed by atoms with Crippen molar-refractivity contribution in [3.05, 3.63) is 29.3 Å². The van der Waals surface area contributed by atoms with Gasteiger partial charge in [0, 0.05) is 19.6 Å². The lowest BCUT2D eigenvalue weighted by atomic mass is 9.89. The fraction of sp³-hybridized carbons (Fsp3) is 0.571. The number of hydrogen-bond donors (Lipinski definition) is 2. The quantitative estimate of drug-likeness (QED) is 0.836. The van der Waals surface area contributed by atoms with Gasteiger partial charge in [0.2, 0.25) is 0 Å². The molecule has 1 aliphatic heterocycles. The molecule has 0 aromatic heterocycles. The van der Waals surface area contributed by atoms with Gasteiger partial charge in [-0.25, -0.2) is 0 Å². The van der Waals surface area contributed by atoms with Crippen LogP contribution in [0.5, 0.6) is 5.75 Å². The summed E-state index contributed by atoms with van der Waals surface area (Å²) in [5.41, 5.74) is 2.57. The summed E-state index contributed by atoms with van der Waals surface area (Å²) in [6, 6.07) is 6.47. The number of nitrogens with one attached hydrogen (secondary N) is 2. The van der Waals surface area contributed by atoms with E-state index >= 15 is 0 Å². The Hall–Kier alpha value is -1.06. The topological polar surface area (TPSA) is 33.3 Å². The van der Waals surface area contributed by atoms with Crippen LogP contribution in [0.25, 0.3) is 0 Å². The molecule has 0 radical (unpaired) electrons. The third-order valence-corrected chi connectivity index (χ3v) is 3.41. The lowest BCUT2D eigenvalue weighted by molar-refractivity contribution is 0.301. The third-order valence-electron chi connectivity index (χ3n) is 3.41. The number of hydrogen-bond acceptors (Lipinski definition) is 3. The Labute approximate surface area is 104 Å². The summed E-state index contributed by atoms with van der Waals surface area (Å²) >= 11 is 0. The van der Waals surface area contributed by atoms with Crippen molar-refractivity contribution < 1.29 is 4.74 Å². The number of benzene rings is 1. The molecule has 0 aliphatic carbocycles. The van der Waals surface area contributed by atoms with Gasteiger partial charge in [0.1, 0.15) is 5.75 Å². The first-order chi connectivity index (χ1) is 8.15. The molecule has 1 heterocycles. The van der Waals surface area contributed by atoms with Crippen molar-refractivity contribution in [1.29, 1.82) is 0 Å². The van der Waals surface area contributed by atoms with E-state index in [0.29, 0.717) is 0 Å². The molecule has 1 unspecified atom stereocenters. The van der Waals surface area contributed by atoms with E-state index in [9.17, 15) is 0 Å². The molecule has 2 N–H and O–H groups in total. The van der Waals surface area contributed by atoms with E-state index in [1.54, 1.807) is 0 Å². The molecule has 3 nitrogen and oxygen atoms in total. The second kappa shape index (κ2) is 5.07. The van der Waals surface area contributed by atoms with Crippen molar-refractivity contribution in [3.63, 3.8) is 0 Å². The van der Waals surface area contributed by atoms with Crippen molar-refractivity contribution in [2.24, 2.45) is 0 Å². The zero-order chi connectivity index (χ0) is 12.3. The van der Waals surface area contributed by atoms with Crippen molar-refractivity contribution in [2.75, 3.05) is 26.2 Å². The van der Waals surface area contributed by atoms with E-state index in [1.165, 1.54) is 11.1 Å². The Morgan fingerprint density at radius 1 is 1.35 bits per heavy atom. The summed E-state index contributed by atoms with van der Waals surface area (Å²) in [4.78, 5) is 0. The zero-order valence-electron chi connectivity index (χ0n) is 11.0. The Balaban J connectivity index is 2.24. The van der Waals surface area contributed by atoms with Gasteiger partial charge < -0.3 is 15.4 Å². The lowest BCUT2D eigenvalue weighted by Gasteiger charge is -2.36. The first-order valence-corrected chi connectivity index (χ1v) is 6.35. The standard InChI is InChI=1S/C14H22N2O/c1-4-17-13-6-5-12(9-11(13)2)14(3)10-15-7-8-16-14/h5-6,9,15-16H,4,7-8,10H2,1-3H3. The normalized spacial score (nSPS) is 24.6. The van der Waals surface area contributed by atoms with Crippen LogP contribution in [0.3, 0.4) is 0 Å². The number of aryl methyl sites for hydroxylation is 1. The lowest BCUT2D eigenvalue weighted by Crippen LogP contribution is -2.54. The molecule has 1 atom stereocenters. The van der Waals surface area contributed by atoms with Crippen LogP contribution in [-0.4, -0.2) is 26.2 Å². The van der Waals surface area contributed by atoms with Gasteiger partial charge in [-0.15, -0.1) is 0 Å². The molecule has 0 amide bonds. The highest BCUT2D eigenvalue weighted by Crippen LogP contribution is 2.27. The van der Waals surface area contributed by atoms with Crippen LogP contribution in [0.1, 0.15) is 25.0 Å². The molecule has 0 bridgehead atoms. The van der Waals surface area contributed by atoms with Crippen LogP contribution in [0, 0.1) is 6.92 Å². The van der Waals surface area contributed by atoms with Crippen LogP contribution in [0.2, 0.25) is 0 Å². The van der Waals surface area contributed by atoms with Gasteiger partial charge in [0.15, 0.2) is 0 Å². The van der Waals surface area contributed by atoms with Gasteiger partial charge in [-0.3, -0.25) is 0 Å². The minimum absolute atomic E-state index is 0.0355. The molecule has 1 aromatic carbocycles. The first-order valence-electron chi connectivity index (χ1n) is 6.35. The molecule has 94 valence electrons. The fourth-order valence-corrected chi connectivity index (χ4v) is 2.34. The maximum atomic E-state index is 5.58. The fourth-order valence-electron chi connectivity index (χ4n) is 2.34. The molecule has 1 saturated heterocycles. The average Bonchev–Trinajstić information content (AvgIpc) is 2.33. The van der Waals surface area contributed by atoms with Gasteiger partial charge in [0.25, 0.3) is 0 Å². The molecule has 1 fully saturated rings. The molecule has 2 rings (SSSR count). The Bertz CT molecular complexity index is 384. The van der Waals surface area contributed by atoms with E-state index in [4.69, 9.17) is 4.74 Å². The minimum Gasteiger partial charge on any atom is -0.494 e. The van der Waals surface area contributed by atoms with Gasteiger partial charge in [-0.2, -0.15) is 0 Å². The summed E-state index contributed by atoms with van der Waals surface area (Å²) in [5, 5.41) is 7.03. The minimum atomic E-state index is 0.0355. The number of ether oxygens (including phenoxy) is 1.